The molecule has 0 unspecified atom stereocenters. The number of nitrogens with zero attached hydrogens (tertiary/aromatic N) is 2. The lowest BCUT2D eigenvalue weighted by Gasteiger charge is -2.07. The van der Waals surface area contributed by atoms with Crippen LogP contribution in [0.5, 0.6) is 5.75 Å². The van der Waals surface area contributed by atoms with Crippen LogP contribution < -0.4 is 15.4 Å². The Morgan fingerprint density at radius 2 is 1.93 bits per heavy atom. The fourth-order valence-corrected chi connectivity index (χ4v) is 1.01. The zero-order valence-electron chi connectivity index (χ0n) is 7.53. The largest absolute Gasteiger partial charge is 0.495 e. The highest BCUT2D eigenvalue weighted by Gasteiger charge is 2.02. The molecule has 70 valence electrons. The molecule has 5 heteroatoms. The number of nitrogens with one attached hydrogen (secondary N) is 2. The highest BCUT2D eigenvalue weighted by molar-refractivity contribution is 5.67. The van der Waals surface area contributed by atoms with E-state index in [4.69, 9.17) is 15.3 Å². The van der Waals surface area contributed by atoms with Gasteiger partial charge in [0.2, 0.25) is 0 Å². The lowest BCUT2D eigenvalue weighted by molar-refractivity contribution is 0.417. The quantitative estimate of drug-likeness (QED) is 0.554. The maximum Gasteiger partial charge on any atom is 0.181 e. The van der Waals surface area contributed by atoms with E-state index in [1.54, 1.807) is 30.6 Å². The van der Waals surface area contributed by atoms with Crippen molar-refractivity contribution in [2.75, 3.05) is 17.7 Å². The van der Waals surface area contributed by atoms with Crippen molar-refractivity contribution in [3.05, 3.63) is 18.2 Å². The number of methoxy groups -OCH3 is 1. The predicted molar refractivity (Wildman–Crippen MR) is 51.5 cm³/mol. The van der Waals surface area contributed by atoms with Crippen molar-refractivity contribution in [3.8, 4) is 18.1 Å². The predicted octanol–water partition coefficient (Wildman–Crippen LogP) is 1.48. The number of ether oxygens (including phenoxy) is 1. The zero-order valence-corrected chi connectivity index (χ0v) is 7.53. The summed E-state index contributed by atoms with van der Waals surface area (Å²) in [6.07, 6.45) is 3.58. The summed E-state index contributed by atoms with van der Waals surface area (Å²) in [4.78, 5) is 0. The average Bonchev–Trinajstić information content (AvgIpc) is 2.19. The summed E-state index contributed by atoms with van der Waals surface area (Å²) in [7, 11) is 1.51. The molecule has 0 aliphatic rings. The molecule has 0 radical (unpaired) electrons. The summed E-state index contributed by atoms with van der Waals surface area (Å²) >= 11 is 0. The van der Waals surface area contributed by atoms with Gasteiger partial charge < -0.3 is 4.74 Å². The molecule has 1 rings (SSSR count). The van der Waals surface area contributed by atoms with Gasteiger partial charge in [-0.2, -0.15) is 10.5 Å². The second-order valence-corrected chi connectivity index (χ2v) is 2.39. The average molecular weight is 188 g/mol. The van der Waals surface area contributed by atoms with Crippen LogP contribution in [0, 0.1) is 22.9 Å². The van der Waals surface area contributed by atoms with Gasteiger partial charge in [0.05, 0.1) is 18.5 Å². The Bertz CT molecular complexity index is 402. The van der Waals surface area contributed by atoms with Crippen LogP contribution in [0.1, 0.15) is 0 Å². The lowest BCUT2D eigenvalue weighted by Crippen LogP contribution is -1.95. The van der Waals surface area contributed by atoms with Crippen molar-refractivity contribution < 1.29 is 4.74 Å². The van der Waals surface area contributed by atoms with Crippen molar-refractivity contribution in [1.82, 2.24) is 0 Å². The van der Waals surface area contributed by atoms with Crippen LogP contribution in [0.2, 0.25) is 0 Å². The molecule has 0 aliphatic heterocycles. The molecule has 0 amide bonds. The van der Waals surface area contributed by atoms with Crippen LogP contribution in [-0.4, -0.2) is 7.11 Å². The molecular weight excluding hydrogens is 180 g/mol. The molecule has 2 N–H and O–H groups in total. The number of hydrogen-bond donors (Lipinski definition) is 2. The number of anilines is 2. The van der Waals surface area contributed by atoms with E-state index in [-0.39, 0.29) is 0 Å². The van der Waals surface area contributed by atoms with E-state index in [0.717, 1.165) is 0 Å². The molecule has 0 aromatic heterocycles. The van der Waals surface area contributed by atoms with Crippen molar-refractivity contribution in [3.63, 3.8) is 0 Å². The Balaban J connectivity index is 3.03. The number of rotatable bonds is 3. The Morgan fingerprint density at radius 1 is 1.21 bits per heavy atom. The first-order chi connectivity index (χ1) is 6.81. The minimum absolute atomic E-state index is 0.523. The first-order valence-electron chi connectivity index (χ1n) is 3.80. The maximum absolute atomic E-state index is 8.46. The molecule has 0 spiro atoms. The fourth-order valence-electron chi connectivity index (χ4n) is 1.01. The molecule has 1 aromatic carbocycles. The van der Waals surface area contributed by atoms with E-state index >= 15 is 0 Å². The highest BCUT2D eigenvalue weighted by Crippen LogP contribution is 2.27. The Kier molecular flexibility index (Phi) is 3.17. The summed E-state index contributed by atoms with van der Waals surface area (Å²) in [5, 5.41) is 21.8. The molecule has 0 saturated heterocycles. The standard InChI is InChI=1S/C9H8N4O/c1-14-9-3-2-7(12-5-10)4-8(9)13-6-11/h2-4,12-13H,1H3. The third-order valence-corrected chi connectivity index (χ3v) is 1.59. The van der Waals surface area contributed by atoms with Gasteiger partial charge in [0.1, 0.15) is 5.75 Å². The summed E-state index contributed by atoms with van der Waals surface area (Å²) in [6, 6.07) is 4.97. The minimum Gasteiger partial charge on any atom is -0.495 e. The molecule has 0 atom stereocenters. The van der Waals surface area contributed by atoms with Gasteiger partial charge in [-0.3, -0.25) is 10.6 Å². The maximum atomic E-state index is 8.46. The number of nitriles is 2. The van der Waals surface area contributed by atoms with Crippen LogP contribution in [0.25, 0.3) is 0 Å². The topological polar surface area (TPSA) is 80.9 Å². The molecular formula is C9H8N4O. The van der Waals surface area contributed by atoms with E-state index < -0.39 is 0 Å². The third-order valence-electron chi connectivity index (χ3n) is 1.59. The van der Waals surface area contributed by atoms with E-state index in [2.05, 4.69) is 10.6 Å². The monoisotopic (exact) mass is 188 g/mol. The Labute approximate surface area is 81.5 Å². The Hall–Kier alpha value is -2.40. The van der Waals surface area contributed by atoms with Crippen molar-refractivity contribution >= 4 is 11.4 Å². The normalized spacial score (nSPS) is 8.21. The van der Waals surface area contributed by atoms with Crippen LogP contribution in [-0.2, 0) is 0 Å². The molecule has 5 nitrogen and oxygen atoms in total. The highest BCUT2D eigenvalue weighted by atomic mass is 16.5. The molecule has 14 heavy (non-hydrogen) atoms. The van der Waals surface area contributed by atoms with Gasteiger partial charge in [-0.05, 0) is 18.2 Å². The van der Waals surface area contributed by atoms with Gasteiger partial charge in [-0.15, -0.1) is 0 Å². The van der Waals surface area contributed by atoms with Crippen LogP contribution in [0.4, 0.5) is 11.4 Å². The van der Waals surface area contributed by atoms with Crippen molar-refractivity contribution in [1.29, 1.82) is 10.5 Å². The Morgan fingerprint density at radius 3 is 2.50 bits per heavy atom. The first-order valence-corrected chi connectivity index (χ1v) is 3.80. The van der Waals surface area contributed by atoms with E-state index in [1.807, 2.05) is 0 Å². The van der Waals surface area contributed by atoms with Gasteiger partial charge in [0.25, 0.3) is 0 Å². The van der Waals surface area contributed by atoms with E-state index in [0.29, 0.717) is 17.1 Å². The zero-order chi connectivity index (χ0) is 10.4. The van der Waals surface area contributed by atoms with Crippen LogP contribution in [0.3, 0.4) is 0 Å². The smallest absolute Gasteiger partial charge is 0.181 e. The molecule has 1 aromatic rings. The van der Waals surface area contributed by atoms with Crippen molar-refractivity contribution in [2.45, 2.75) is 0 Å². The molecule has 0 fully saturated rings. The lowest BCUT2D eigenvalue weighted by atomic mass is 10.2. The fraction of sp³-hybridized carbons (Fsp3) is 0.111. The van der Waals surface area contributed by atoms with Gasteiger partial charge in [-0.1, -0.05) is 0 Å². The van der Waals surface area contributed by atoms with Gasteiger partial charge >= 0.3 is 0 Å². The van der Waals surface area contributed by atoms with Crippen LogP contribution in [0.15, 0.2) is 18.2 Å². The molecule has 0 saturated carbocycles. The second kappa shape index (κ2) is 4.58. The first kappa shape index (κ1) is 9.69. The summed E-state index contributed by atoms with van der Waals surface area (Å²) in [5.41, 5.74) is 1.13. The summed E-state index contributed by atoms with van der Waals surface area (Å²) < 4.78 is 5.01. The molecule has 0 bridgehead atoms. The van der Waals surface area contributed by atoms with Gasteiger partial charge in [0, 0.05) is 0 Å². The number of hydrogen-bond acceptors (Lipinski definition) is 5. The van der Waals surface area contributed by atoms with Gasteiger partial charge in [0.15, 0.2) is 12.4 Å². The SMILES string of the molecule is COc1ccc(NC#N)cc1NC#N. The van der Waals surface area contributed by atoms with E-state index in [9.17, 15) is 0 Å². The van der Waals surface area contributed by atoms with Gasteiger partial charge in [-0.25, -0.2) is 0 Å². The third kappa shape index (κ3) is 2.05. The summed E-state index contributed by atoms with van der Waals surface area (Å²) in [5.74, 6) is 0.551. The minimum atomic E-state index is 0.523. The van der Waals surface area contributed by atoms with Crippen molar-refractivity contribution in [2.24, 2.45) is 0 Å². The number of benzene rings is 1. The van der Waals surface area contributed by atoms with E-state index in [1.165, 1.54) is 7.11 Å². The van der Waals surface area contributed by atoms with Crippen LogP contribution >= 0.6 is 0 Å². The molecule has 0 aliphatic carbocycles. The summed E-state index contributed by atoms with van der Waals surface area (Å²) in [6.45, 7) is 0. The second-order valence-electron chi connectivity index (χ2n) is 2.39. The molecule has 0 heterocycles.